The zero-order valence-electron chi connectivity index (χ0n) is 12.7. The van der Waals surface area contributed by atoms with Crippen molar-refractivity contribution in [2.24, 2.45) is 0 Å². The summed E-state index contributed by atoms with van der Waals surface area (Å²) in [6.07, 6.45) is 8.93. The van der Waals surface area contributed by atoms with Crippen molar-refractivity contribution in [1.29, 1.82) is 0 Å². The van der Waals surface area contributed by atoms with Crippen LogP contribution in [-0.2, 0) is 11.3 Å². The van der Waals surface area contributed by atoms with Gasteiger partial charge in [0.25, 0.3) is 5.91 Å². The van der Waals surface area contributed by atoms with E-state index in [-0.39, 0.29) is 11.8 Å². The number of allylic oxidation sites excluding steroid dienone is 4. The molecular weight excluding hydrogens is 368 g/mol. The quantitative estimate of drug-likeness (QED) is 0.465. The highest BCUT2D eigenvalue weighted by Gasteiger charge is 2.29. The lowest BCUT2D eigenvalue weighted by Gasteiger charge is -2.09. The van der Waals surface area contributed by atoms with E-state index < -0.39 is 0 Å². The third-order valence-corrected chi connectivity index (χ3v) is 5.92. The van der Waals surface area contributed by atoms with Gasteiger partial charge in [0.1, 0.15) is 4.32 Å². The van der Waals surface area contributed by atoms with E-state index in [1.54, 1.807) is 39.8 Å². The SMILES string of the molecule is CCN1C(=O)/C(=C/C=C/C=C/c2sc(=S)n(CC)c2O)SC1=S. The van der Waals surface area contributed by atoms with Crippen LogP contribution in [0.3, 0.4) is 0 Å². The van der Waals surface area contributed by atoms with E-state index in [4.69, 9.17) is 24.4 Å². The Morgan fingerprint density at radius 2 is 1.91 bits per heavy atom. The maximum absolute atomic E-state index is 12.0. The fraction of sp³-hybridized carbons (Fsp3) is 0.267. The van der Waals surface area contributed by atoms with Crippen LogP contribution in [-0.4, -0.2) is 31.3 Å². The second kappa shape index (κ2) is 8.05. The van der Waals surface area contributed by atoms with Crippen molar-refractivity contribution in [1.82, 2.24) is 9.47 Å². The Balaban J connectivity index is 2.05. The smallest absolute Gasteiger partial charge is 0.266 e. The summed E-state index contributed by atoms with van der Waals surface area (Å²) in [4.78, 5) is 14.9. The Labute approximate surface area is 153 Å². The van der Waals surface area contributed by atoms with E-state index in [0.29, 0.717) is 26.3 Å². The summed E-state index contributed by atoms with van der Waals surface area (Å²) in [5.74, 6) is 0.141. The van der Waals surface area contributed by atoms with Crippen LogP contribution in [0.15, 0.2) is 29.2 Å². The number of likely N-dealkylation sites (N-methyl/N-ethyl adjacent to an activating group) is 1. The summed E-state index contributed by atoms with van der Waals surface area (Å²) in [5.41, 5.74) is 0. The lowest BCUT2D eigenvalue weighted by Crippen LogP contribution is -2.27. The van der Waals surface area contributed by atoms with Crippen molar-refractivity contribution in [2.75, 3.05) is 6.54 Å². The summed E-state index contributed by atoms with van der Waals surface area (Å²) >= 11 is 13.0. The summed E-state index contributed by atoms with van der Waals surface area (Å²) < 4.78 is 2.93. The molecule has 0 bridgehead atoms. The van der Waals surface area contributed by atoms with Crippen molar-refractivity contribution in [3.05, 3.63) is 38.0 Å². The van der Waals surface area contributed by atoms with Crippen LogP contribution in [0, 0.1) is 3.95 Å². The number of amides is 1. The molecule has 0 aromatic carbocycles. The molecule has 0 aliphatic carbocycles. The summed E-state index contributed by atoms with van der Waals surface area (Å²) in [6.45, 7) is 5.06. The average Bonchev–Trinajstić information content (AvgIpc) is 2.94. The van der Waals surface area contributed by atoms with Crippen molar-refractivity contribution < 1.29 is 9.90 Å². The predicted molar refractivity (Wildman–Crippen MR) is 104 cm³/mol. The number of carbonyl (C=O) groups is 1. The number of aromatic hydroxyl groups is 1. The van der Waals surface area contributed by atoms with Gasteiger partial charge in [-0.2, -0.15) is 0 Å². The molecule has 8 heteroatoms. The van der Waals surface area contributed by atoms with Gasteiger partial charge in [-0.05, 0) is 38.2 Å². The Kier molecular flexibility index (Phi) is 6.34. The molecule has 0 radical (unpaired) electrons. The van der Waals surface area contributed by atoms with Gasteiger partial charge < -0.3 is 5.11 Å². The highest BCUT2D eigenvalue weighted by Crippen LogP contribution is 2.30. The molecule has 1 amide bonds. The number of thiocarbonyl (C=S) groups is 1. The second-order valence-electron chi connectivity index (χ2n) is 4.49. The summed E-state index contributed by atoms with van der Waals surface area (Å²) in [7, 11) is 0. The zero-order valence-corrected chi connectivity index (χ0v) is 15.9. The number of aromatic nitrogens is 1. The number of thiazole rings is 1. The molecule has 1 aliphatic heterocycles. The predicted octanol–water partition coefficient (Wildman–Crippen LogP) is 4.34. The van der Waals surface area contributed by atoms with Crippen LogP contribution >= 0.6 is 47.5 Å². The van der Waals surface area contributed by atoms with E-state index in [0.717, 1.165) is 4.88 Å². The van der Waals surface area contributed by atoms with Crippen molar-refractivity contribution in [3.63, 3.8) is 0 Å². The minimum absolute atomic E-state index is 0.0493. The fourth-order valence-electron chi connectivity index (χ4n) is 1.94. The Hall–Kier alpha value is -1.22. The van der Waals surface area contributed by atoms with Gasteiger partial charge in [-0.3, -0.25) is 14.3 Å². The number of thioether (sulfide) groups is 1. The molecule has 0 spiro atoms. The Morgan fingerprint density at radius 1 is 1.17 bits per heavy atom. The highest BCUT2D eigenvalue weighted by atomic mass is 32.2. The molecule has 0 atom stereocenters. The van der Waals surface area contributed by atoms with E-state index >= 15 is 0 Å². The third-order valence-electron chi connectivity index (χ3n) is 3.12. The van der Waals surface area contributed by atoms with Crippen molar-refractivity contribution >= 4 is 63.8 Å². The minimum Gasteiger partial charge on any atom is -0.493 e. The van der Waals surface area contributed by atoms with Gasteiger partial charge in [-0.25, -0.2) is 0 Å². The maximum atomic E-state index is 12.0. The van der Waals surface area contributed by atoms with E-state index in [9.17, 15) is 9.90 Å². The molecule has 1 aromatic heterocycles. The average molecular weight is 385 g/mol. The lowest BCUT2D eigenvalue weighted by molar-refractivity contribution is -0.122. The van der Waals surface area contributed by atoms with E-state index in [1.165, 1.54) is 23.1 Å². The molecule has 1 aliphatic rings. The van der Waals surface area contributed by atoms with Gasteiger partial charge in [0.2, 0.25) is 5.88 Å². The maximum Gasteiger partial charge on any atom is 0.266 e. The Bertz CT molecular complexity index is 771. The van der Waals surface area contributed by atoms with Gasteiger partial charge in [-0.1, -0.05) is 42.2 Å². The molecule has 1 N–H and O–H groups in total. The number of nitrogens with zero attached hydrogens (tertiary/aromatic N) is 2. The molecule has 0 unspecified atom stereocenters. The summed E-state index contributed by atoms with van der Waals surface area (Å²) in [5, 5.41) is 10.0. The molecule has 23 heavy (non-hydrogen) atoms. The minimum atomic E-state index is -0.0493. The first kappa shape index (κ1) is 18.1. The van der Waals surface area contributed by atoms with Crippen LogP contribution in [0.2, 0.25) is 0 Å². The second-order valence-corrected chi connectivity index (χ2v) is 7.84. The molecular formula is C15H16N2O2S4. The molecule has 1 aromatic rings. The molecule has 122 valence electrons. The van der Waals surface area contributed by atoms with Gasteiger partial charge in [0.15, 0.2) is 3.95 Å². The standard InChI is InChI=1S/C15H16N2O2S4/c1-3-16-12(18)10(22-14(16)20)8-6-5-7-9-11-13(19)17(4-2)15(21)23-11/h5-9,18H,3-4H2,1-2H3/b7-5+,8-6+,11-9-. The number of hydrogen-bond donors (Lipinski definition) is 1. The normalized spacial score (nSPS) is 17.5. The van der Waals surface area contributed by atoms with Crippen LogP contribution < -0.4 is 0 Å². The molecule has 1 fully saturated rings. The topological polar surface area (TPSA) is 45.5 Å². The first-order chi connectivity index (χ1) is 11.0. The van der Waals surface area contributed by atoms with Crippen molar-refractivity contribution in [3.8, 4) is 5.88 Å². The third kappa shape index (κ3) is 4.00. The van der Waals surface area contributed by atoms with E-state index in [1.807, 2.05) is 13.8 Å². The monoisotopic (exact) mass is 384 g/mol. The molecule has 2 heterocycles. The van der Waals surface area contributed by atoms with Gasteiger partial charge in [-0.15, -0.1) is 11.3 Å². The van der Waals surface area contributed by atoms with E-state index in [2.05, 4.69) is 0 Å². The van der Waals surface area contributed by atoms with Crippen LogP contribution in [0.25, 0.3) is 6.08 Å². The fourth-order valence-corrected chi connectivity index (χ4v) is 4.62. The van der Waals surface area contributed by atoms with Crippen LogP contribution in [0.5, 0.6) is 5.88 Å². The molecule has 4 nitrogen and oxygen atoms in total. The largest absolute Gasteiger partial charge is 0.493 e. The number of hydrogen-bond acceptors (Lipinski definition) is 6. The van der Waals surface area contributed by atoms with Crippen LogP contribution in [0.4, 0.5) is 0 Å². The Morgan fingerprint density at radius 3 is 2.48 bits per heavy atom. The molecule has 2 rings (SSSR count). The zero-order chi connectivity index (χ0) is 17.0. The van der Waals surface area contributed by atoms with Gasteiger partial charge in [0, 0.05) is 13.1 Å². The number of rotatable bonds is 5. The lowest BCUT2D eigenvalue weighted by atomic mass is 10.3. The van der Waals surface area contributed by atoms with Gasteiger partial charge in [0.05, 0.1) is 9.78 Å². The first-order valence-electron chi connectivity index (χ1n) is 7.00. The highest BCUT2D eigenvalue weighted by molar-refractivity contribution is 8.26. The number of carbonyl (C=O) groups excluding carboxylic acids is 1. The molecule has 0 saturated carbocycles. The van der Waals surface area contributed by atoms with Crippen LogP contribution in [0.1, 0.15) is 18.7 Å². The molecule has 1 saturated heterocycles. The summed E-state index contributed by atoms with van der Waals surface area (Å²) in [6, 6.07) is 0. The first-order valence-corrected chi connectivity index (χ1v) is 9.45. The van der Waals surface area contributed by atoms with Gasteiger partial charge >= 0.3 is 0 Å². The van der Waals surface area contributed by atoms with Crippen molar-refractivity contribution in [2.45, 2.75) is 20.4 Å².